The Morgan fingerprint density at radius 3 is 2.19 bits per heavy atom. The average molecular weight is 426 g/mol. The first kappa shape index (κ1) is 19.3. The summed E-state index contributed by atoms with van der Waals surface area (Å²) in [5.74, 6) is 0. The van der Waals surface area contributed by atoms with Crippen molar-refractivity contribution in [3.8, 4) is 0 Å². The van der Waals surface area contributed by atoms with E-state index in [1.807, 2.05) is 0 Å². The molecule has 0 fully saturated rings. The van der Waals surface area contributed by atoms with Crippen molar-refractivity contribution >= 4 is 42.3 Å². The third-order valence-corrected chi connectivity index (χ3v) is 6.67. The molecule has 1 atom stereocenters. The van der Waals surface area contributed by atoms with Gasteiger partial charge in [-0.2, -0.15) is 8.42 Å². The van der Waals surface area contributed by atoms with Crippen LogP contribution in [-0.4, -0.2) is 26.4 Å². The number of nitrogens with zero attached hydrogens (tertiary/aromatic N) is 1. The van der Waals surface area contributed by atoms with Crippen molar-refractivity contribution in [2.24, 2.45) is 0 Å². The van der Waals surface area contributed by atoms with Gasteiger partial charge in [-0.25, -0.2) is 13.4 Å². The van der Waals surface area contributed by atoms with Crippen LogP contribution in [0.25, 0.3) is 0 Å². The fraction of sp³-hybridized carbons (Fsp3) is 0.0625. The normalized spacial score (nSPS) is 13.1. The van der Waals surface area contributed by atoms with Crippen LogP contribution in [-0.2, 0) is 20.1 Å². The Kier molecular flexibility index (Phi) is 5.46. The number of benzene rings is 2. The minimum atomic E-state index is -4.44. The van der Waals surface area contributed by atoms with E-state index in [9.17, 15) is 21.4 Å². The highest BCUT2D eigenvalue weighted by atomic mass is 32.2. The molecule has 3 N–H and O–H groups in total. The highest BCUT2D eigenvalue weighted by molar-refractivity contribution is 7.93. The van der Waals surface area contributed by atoms with Gasteiger partial charge in [-0.15, -0.1) is 11.3 Å². The molecule has 0 saturated heterocycles. The highest BCUT2D eigenvalue weighted by Crippen LogP contribution is 2.25. The van der Waals surface area contributed by atoms with E-state index in [0.29, 0.717) is 11.3 Å². The van der Waals surface area contributed by atoms with E-state index in [0.717, 1.165) is 11.3 Å². The van der Waals surface area contributed by atoms with Crippen LogP contribution in [0.3, 0.4) is 0 Å². The van der Waals surface area contributed by atoms with Gasteiger partial charge in [-0.1, -0.05) is 30.3 Å². The third kappa shape index (κ3) is 4.83. The summed E-state index contributed by atoms with van der Waals surface area (Å²) in [5.41, 5.74) is 0.678. The van der Waals surface area contributed by atoms with Crippen LogP contribution in [0.2, 0.25) is 0 Å². The van der Waals surface area contributed by atoms with E-state index in [2.05, 4.69) is 15.0 Å². The summed E-state index contributed by atoms with van der Waals surface area (Å²) >= 11 is 1.15. The van der Waals surface area contributed by atoms with Crippen LogP contribution < -0.4 is 10.0 Å². The Morgan fingerprint density at radius 1 is 0.963 bits per heavy atom. The zero-order valence-electron chi connectivity index (χ0n) is 13.7. The standard InChI is InChI=1S/C16H15N3O5S3/c20-26(21,19-16-17-10-11-25-16)14-8-6-13(7-9-14)18-15(27(22,23)24)12-4-2-1-3-5-12/h1-11,15,18H,(H,17,19)(H,22,23,24). The van der Waals surface area contributed by atoms with Gasteiger partial charge in [-0.05, 0) is 29.8 Å². The summed E-state index contributed by atoms with van der Waals surface area (Å²) in [6.07, 6.45) is 1.48. The molecule has 0 aliphatic heterocycles. The Balaban J connectivity index is 1.82. The molecule has 8 nitrogen and oxygen atoms in total. The summed E-state index contributed by atoms with van der Waals surface area (Å²) in [6, 6.07) is 13.6. The lowest BCUT2D eigenvalue weighted by atomic mass is 10.2. The van der Waals surface area contributed by atoms with Crippen molar-refractivity contribution in [1.82, 2.24) is 4.98 Å². The van der Waals surface area contributed by atoms with Crippen LogP contribution >= 0.6 is 11.3 Å². The van der Waals surface area contributed by atoms with Crippen LogP contribution in [0.1, 0.15) is 10.9 Å². The smallest absolute Gasteiger partial charge is 0.290 e. The molecule has 27 heavy (non-hydrogen) atoms. The van der Waals surface area contributed by atoms with Gasteiger partial charge in [0, 0.05) is 17.3 Å². The molecule has 0 amide bonds. The number of thiazole rings is 1. The minimum absolute atomic E-state index is 0.00799. The number of hydrogen-bond acceptors (Lipinski definition) is 7. The van der Waals surface area contributed by atoms with Gasteiger partial charge < -0.3 is 5.32 Å². The molecule has 3 rings (SSSR count). The molecule has 142 valence electrons. The summed E-state index contributed by atoms with van der Waals surface area (Å²) in [6.45, 7) is 0. The van der Waals surface area contributed by atoms with Crippen molar-refractivity contribution in [2.45, 2.75) is 10.3 Å². The van der Waals surface area contributed by atoms with E-state index in [1.165, 1.54) is 30.5 Å². The number of rotatable bonds is 7. The average Bonchev–Trinajstić information content (AvgIpc) is 3.12. The van der Waals surface area contributed by atoms with E-state index in [1.54, 1.807) is 35.7 Å². The lowest BCUT2D eigenvalue weighted by molar-refractivity contribution is 0.473. The van der Waals surface area contributed by atoms with Crippen LogP contribution in [0.4, 0.5) is 10.8 Å². The van der Waals surface area contributed by atoms with Crippen molar-refractivity contribution < 1.29 is 21.4 Å². The first-order valence-corrected chi connectivity index (χ1v) is 11.4. The topological polar surface area (TPSA) is 125 Å². The molecule has 11 heteroatoms. The molecule has 1 unspecified atom stereocenters. The molecular formula is C16H15N3O5S3. The van der Waals surface area contributed by atoms with Gasteiger partial charge in [0.15, 0.2) is 10.5 Å². The lowest BCUT2D eigenvalue weighted by Crippen LogP contribution is -2.20. The number of aromatic nitrogens is 1. The summed E-state index contributed by atoms with van der Waals surface area (Å²) in [4.78, 5) is 3.86. The van der Waals surface area contributed by atoms with Gasteiger partial charge in [0.1, 0.15) is 0 Å². The fourth-order valence-corrected chi connectivity index (χ4v) is 4.86. The van der Waals surface area contributed by atoms with Crippen LogP contribution in [0, 0.1) is 0 Å². The first-order chi connectivity index (χ1) is 12.8. The zero-order chi connectivity index (χ0) is 19.5. The second-order valence-electron chi connectivity index (χ2n) is 5.42. The predicted octanol–water partition coefficient (Wildman–Crippen LogP) is 2.94. The van der Waals surface area contributed by atoms with Crippen molar-refractivity contribution in [1.29, 1.82) is 0 Å². The van der Waals surface area contributed by atoms with Gasteiger partial charge in [0.2, 0.25) is 0 Å². The molecule has 0 bridgehead atoms. The first-order valence-electron chi connectivity index (χ1n) is 7.56. The maximum absolute atomic E-state index is 12.3. The molecule has 0 spiro atoms. The zero-order valence-corrected chi connectivity index (χ0v) is 16.1. The van der Waals surface area contributed by atoms with Gasteiger partial charge in [0.05, 0.1) is 4.90 Å². The summed E-state index contributed by atoms with van der Waals surface area (Å²) in [5, 5.41) is 3.20. The van der Waals surface area contributed by atoms with E-state index < -0.39 is 25.5 Å². The largest absolute Gasteiger partial charge is 0.363 e. The highest BCUT2D eigenvalue weighted by Gasteiger charge is 2.25. The Bertz CT molecular complexity index is 1100. The third-order valence-electron chi connectivity index (χ3n) is 3.52. The molecule has 0 saturated carbocycles. The molecule has 3 aromatic rings. The number of anilines is 2. The second kappa shape index (κ2) is 7.64. The maximum Gasteiger partial charge on any atom is 0.290 e. The molecule has 1 heterocycles. The molecule has 0 aliphatic rings. The number of sulfonamides is 1. The predicted molar refractivity (Wildman–Crippen MR) is 104 cm³/mol. The molecular weight excluding hydrogens is 410 g/mol. The molecule has 0 radical (unpaired) electrons. The summed E-state index contributed by atoms with van der Waals surface area (Å²) < 4.78 is 59.9. The van der Waals surface area contributed by atoms with Gasteiger partial charge >= 0.3 is 0 Å². The van der Waals surface area contributed by atoms with E-state index in [-0.39, 0.29) is 10.0 Å². The van der Waals surface area contributed by atoms with E-state index >= 15 is 0 Å². The second-order valence-corrected chi connectivity index (χ2v) is 9.50. The molecule has 0 aliphatic carbocycles. The molecule has 2 aromatic carbocycles. The SMILES string of the molecule is O=S(=O)(Nc1nccs1)c1ccc(NC(c2ccccc2)S(=O)(=O)O)cc1. The number of hydrogen-bond donors (Lipinski definition) is 3. The Labute approximate surface area is 160 Å². The lowest BCUT2D eigenvalue weighted by Gasteiger charge is -2.17. The quantitative estimate of drug-likeness (QED) is 0.497. The van der Waals surface area contributed by atoms with Crippen LogP contribution in [0.5, 0.6) is 0 Å². The Hall–Kier alpha value is -2.47. The van der Waals surface area contributed by atoms with Crippen molar-refractivity contribution in [3.05, 3.63) is 71.7 Å². The monoisotopic (exact) mass is 425 g/mol. The maximum atomic E-state index is 12.3. The number of nitrogens with one attached hydrogen (secondary N) is 2. The van der Waals surface area contributed by atoms with Crippen molar-refractivity contribution in [3.63, 3.8) is 0 Å². The Morgan fingerprint density at radius 2 is 1.63 bits per heavy atom. The summed E-state index contributed by atoms with van der Waals surface area (Å²) in [7, 11) is -8.24. The molecule has 1 aromatic heterocycles. The van der Waals surface area contributed by atoms with E-state index in [4.69, 9.17) is 0 Å². The fourth-order valence-electron chi connectivity index (χ4n) is 2.29. The van der Waals surface area contributed by atoms with Crippen molar-refractivity contribution in [2.75, 3.05) is 10.0 Å². The van der Waals surface area contributed by atoms with Crippen LogP contribution in [0.15, 0.2) is 71.1 Å². The minimum Gasteiger partial charge on any atom is -0.363 e. The van der Waals surface area contributed by atoms with Gasteiger partial charge in [-0.3, -0.25) is 9.27 Å². The van der Waals surface area contributed by atoms with Gasteiger partial charge in [0.25, 0.3) is 20.1 Å².